The first kappa shape index (κ1) is 10.5. The molecule has 0 radical (unpaired) electrons. The number of nitrogens with zero attached hydrogens (tertiary/aromatic N) is 1. The van der Waals surface area contributed by atoms with Crippen molar-refractivity contribution in [3.8, 4) is 5.75 Å². The van der Waals surface area contributed by atoms with Crippen molar-refractivity contribution >= 4 is 17.3 Å². The van der Waals surface area contributed by atoms with Gasteiger partial charge in [-0.2, -0.15) is 0 Å². The summed E-state index contributed by atoms with van der Waals surface area (Å²) >= 11 is 0. The molecule has 0 saturated carbocycles. The van der Waals surface area contributed by atoms with E-state index in [4.69, 9.17) is 10.5 Å². The molecule has 4 heteroatoms. The first-order valence-electron chi connectivity index (χ1n) is 5.05. The molecule has 2 rings (SSSR count). The molecule has 1 amide bonds. The quantitative estimate of drug-likeness (QED) is 0.605. The number of fused-ring (bicyclic) bond motifs is 1. The highest BCUT2D eigenvalue weighted by molar-refractivity contribution is 5.98. The minimum Gasteiger partial charge on any atom is -0.482 e. The molecule has 0 spiro atoms. The number of hydrogen-bond acceptors (Lipinski definition) is 3. The van der Waals surface area contributed by atoms with Gasteiger partial charge in [0.1, 0.15) is 5.75 Å². The Bertz CT molecular complexity index is 454. The number of benzene rings is 1. The van der Waals surface area contributed by atoms with Gasteiger partial charge < -0.3 is 15.4 Å². The summed E-state index contributed by atoms with van der Waals surface area (Å²) in [6.45, 7) is 6.27. The van der Waals surface area contributed by atoms with Crippen LogP contribution >= 0.6 is 0 Å². The molecule has 1 aromatic carbocycles. The summed E-state index contributed by atoms with van der Waals surface area (Å²) in [4.78, 5) is 13.4. The third-order valence-electron chi connectivity index (χ3n) is 2.35. The minimum absolute atomic E-state index is 0.0684. The van der Waals surface area contributed by atoms with Crippen LogP contribution in [0, 0.1) is 0 Å². The molecule has 0 aromatic heterocycles. The summed E-state index contributed by atoms with van der Waals surface area (Å²) in [5.74, 6) is 0.621. The van der Waals surface area contributed by atoms with E-state index in [1.54, 1.807) is 23.1 Å². The lowest BCUT2D eigenvalue weighted by Gasteiger charge is -2.29. The Hall–Kier alpha value is -1.97. The third kappa shape index (κ3) is 1.86. The van der Waals surface area contributed by atoms with Gasteiger partial charge in [-0.15, -0.1) is 0 Å². The van der Waals surface area contributed by atoms with Crippen LogP contribution in [0.15, 0.2) is 30.4 Å². The molecule has 1 heterocycles. The van der Waals surface area contributed by atoms with Crippen LogP contribution in [0.25, 0.3) is 0 Å². The largest absolute Gasteiger partial charge is 0.482 e. The SMILES string of the molecule is C=C(C)CN1C(=O)COc2ccc(N)cc21. The number of carbonyl (C=O) groups excluding carboxylic acids is 1. The predicted octanol–water partition coefficient (Wildman–Crippen LogP) is 1.57. The molecule has 84 valence electrons. The average molecular weight is 218 g/mol. The van der Waals surface area contributed by atoms with Crippen molar-refractivity contribution in [2.45, 2.75) is 6.92 Å². The number of nitrogen functional groups attached to an aromatic ring is 1. The predicted molar refractivity (Wildman–Crippen MR) is 63.5 cm³/mol. The number of rotatable bonds is 2. The first-order valence-corrected chi connectivity index (χ1v) is 5.05. The third-order valence-corrected chi connectivity index (χ3v) is 2.35. The Kier molecular flexibility index (Phi) is 2.56. The molecule has 4 nitrogen and oxygen atoms in total. The van der Waals surface area contributed by atoms with Gasteiger partial charge in [-0.25, -0.2) is 0 Å². The van der Waals surface area contributed by atoms with Gasteiger partial charge in [-0.05, 0) is 25.1 Å². The number of ether oxygens (including phenoxy) is 1. The summed E-state index contributed by atoms with van der Waals surface area (Å²) < 4.78 is 5.33. The second-order valence-corrected chi connectivity index (χ2v) is 3.95. The molecule has 1 aliphatic rings. The number of hydrogen-bond donors (Lipinski definition) is 1. The maximum Gasteiger partial charge on any atom is 0.265 e. The maximum absolute atomic E-state index is 11.7. The maximum atomic E-state index is 11.7. The van der Waals surface area contributed by atoms with Gasteiger partial charge in [0, 0.05) is 12.2 Å². The molecule has 0 fully saturated rings. The summed E-state index contributed by atoms with van der Waals surface area (Å²) in [5.41, 5.74) is 7.96. The van der Waals surface area contributed by atoms with Crippen LogP contribution in [0.2, 0.25) is 0 Å². The van der Waals surface area contributed by atoms with E-state index in [-0.39, 0.29) is 12.5 Å². The molecule has 1 aliphatic heterocycles. The Balaban J connectivity index is 2.42. The van der Waals surface area contributed by atoms with E-state index < -0.39 is 0 Å². The molecule has 2 N–H and O–H groups in total. The summed E-state index contributed by atoms with van der Waals surface area (Å²) in [5, 5.41) is 0. The lowest BCUT2D eigenvalue weighted by Crippen LogP contribution is -2.39. The second-order valence-electron chi connectivity index (χ2n) is 3.95. The van der Waals surface area contributed by atoms with Gasteiger partial charge in [0.25, 0.3) is 5.91 Å². The van der Waals surface area contributed by atoms with Gasteiger partial charge in [0.05, 0.1) is 5.69 Å². The molecule has 0 saturated heterocycles. The van der Waals surface area contributed by atoms with E-state index in [0.717, 1.165) is 11.3 Å². The highest BCUT2D eigenvalue weighted by atomic mass is 16.5. The van der Waals surface area contributed by atoms with Gasteiger partial charge in [-0.1, -0.05) is 12.2 Å². The van der Waals surface area contributed by atoms with Crippen molar-refractivity contribution in [3.63, 3.8) is 0 Å². The minimum atomic E-state index is -0.0684. The van der Waals surface area contributed by atoms with Crippen molar-refractivity contribution in [2.24, 2.45) is 0 Å². The van der Waals surface area contributed by atoms with Crippen molar-refractivity contribution in [3.05, 3.63) is 30.4 Å². The highest BCUT2D eigenvalue weighted by Crippen LogP contribution is 2.33. The topological polar surface area (TPSA) is 55.6 Å². The first-order chi connectivity index (χ1) is 7.58. The molecule has 0 atom stereocenters. The average Bonchev–Trinajstić information content (AvgIpc) is 2.22. The Morgan fingerprint density at radius 2 is 2.38 bits per heavy atom. The monoisotopic (exact) mass is 218 g/mol. The molecular weight excluding hydrogens is 204 g/mol. The zero-order valence-corrected chi connectivity index (χ0v) is 9.19. The molecule has 0 unspecified atom stereocenters. The molecular formula is C12H14N2O2. The Morgan fingerprint density at radius 3 is 3.06 bits per heavy atom. The Labute approximate surface area is 94.3 Å². The van der Waals surface area contributed by atoms with E-state index in [2.05, 4.69) is 6.58 Å². The fourth-order valence-electron chi connectivity index (χ4n) is 1.66. The number of nitrogens with two attached hydrogens (primary N) is 1. The molecule has 0 aliphatic carbocycles. The fraction of sp³-hybridized carbons (Fsp3) is 0.250. The van der Waals surface area contributed by atoms with Crippen LogP contribution in [0.3, 0.4) is 0 Å². The van der Waals surface area contributed by atoms with E-state index in [9.17, 15) is 4.79 Å². The van der Waals surface area contributed by atoms with Gasteiger partial charge in [0.2, 0.25) is 0 Å². The van der Waals surface area contributed by atoms with E-state index in [1.807, 2.05) is 6.92 Å². The van der Waals surface area contributed by atoms with E-state index in [0.29, 0.717) is 18.0 Å². The van der Waals surface area contributed by atoms with Gasteiger partial charge >= 0.3 is 0 Å². The van der Waals surface area contributed by atoms with Crippen LogP contribution < -0.4 is 15.4 Å². The number of amides is 1. The zero-order valence-electron chi connectivity index (χ0n) is 9.19. The summed E-state index contributed by atoms with van der Waals surface area (Å²) in [6, 6.07) is 5.28. The van der Waals surface area contributed by atoms with Crippen molar-refractivity contribution in [1.82, 2.24) is 0 Å². The highest BCUT2D eigenvalue weighted by Gasteiger charge is 2.25. The van der Waals surface area contributed by atoms with Gasteiger partial charge in [-0.3, -0.25) is 4.79 Å². The molecule has 1 aromatic rings. The van der Waals surface area contributed by atoms with Crippen LogP contribution in [-0.2, 0) is 4.79 Å². The normalized spacial score (nSPS) is 14.3. The fourth-order valence-corrected chi connectivity index (χ4v) is 1.66. The van der Waals surface area contributed by atoms with E-state index in [1.165, 1.54) is 0 Å². The number of carbonyl (C=O) groups is 1. The molecule has 0 bridgehead atoms. The van der Waals surface area contributed by atoms with Crippen LogP contribution in [0.1, 0.15) is 6.92 Å². The standard InChI is InChI=1S/C12H14N2O2/c1-8(2)6-14-10-5-9(13)3-4-11(10)16-7-12(14)15/h3-5H,1,6-7,13H2,2H3. The van der Waals surface area contributed by atoms with Crippen LogP contribution in [0.4, 0.5) is 11.4 Å². The van der Waals surface area contributed by atoms with Crippen molar-refractivity contribution in [2.75, 3.05) is 23.8 Å². The van der Waals surface area contributed by atoms with Crippen LogP contribution in [0.5, 0.6) is 5.75 Å². The van der Waals surface area contributed by atoms with Crippen molar-refractivity contribution in [1.29, 1.82) is 0 Å². The lowest BCUT2D eigenvalue weighted by molar-refractivity contribution is -0.121. The van der Waals surface area contributed by atoms with Crippen LogP contribution in [-0.4, -0.2) is 19.1 Å². The lowest BCUT2D eigenvalue weighted by atomic mass is 10.2. The zero-order chi connectivity index (χ0) is 11.7. The second kappa shape index (κ2) is 3.89. The van der Waals surface area contributed by atoms with E-state index >= 15 is 0 Å². The Morgan fingerprint density at radius 1 is 1.62 bits per heavy atom. The summed E-state index contributed by atoms with van der Waals surface area (Å²) in [7, 11) is 0. The molecule has 16 heavy (non-hydrogen) atoms. The summed E-state index contributed by atoms with van der Waals surface area (Å²) in [6.07, 6.45) is 0. The number of anilines is 2. The van der Waals surface area contributed by atoms with Gasteiger partial charge in [0.15, 0.2) is 6.61 Å². The van der Waals surface area contributed by atoms with Crippen molar-refractivity contribution < 1.29 is 9.53 Å². The smallest absolute Gasteiger partial charge is 0.265 e.